The summed E-state index contributed by atoms with van der Waals surface area (Å²) in [6.45, 7) is 10.5. The van der Waals surface area contributed by atoms with E-state index in [4.69, 9.17) is 10.1 Å². The molecule has 5 aromatic rings. The average Bonchev–Trinajstić information content (AvgIpc) is 3.20. The third-order valence-corrected chi connectivity index (χ3v) is 6.41. The molecule has 0 aliphatic carbocycles. The number of pyridine rings is 1. The molecule has 2 heterocycles. The first kappa shape index (κ1) is 23.5. The lowest BCUT2D eigenvalue weighted by molar-refractivity contribution is 0.102. The molecule has 2 aromatic heterocycles. The molecule has 0 atom stereocenters. The lowest BCUT2D eigenvalue weighted by Gasteiger charge is -2.19. The molecular formula is C31H30N4O. The average molecular weight is 475 g/mol. The van der Waals surface area contributed by atoms with Gasteiger partial charge >= 0.3 is 0 Å². The van der Waals surface area contributed by atoms with Crippen LogP contribution in [0.5, 0.6) is 0 Å². The number of hydrogen-bond acceptors (Lipinski definition) is 3. The van der Waals surface area contributed by atoms with Gasteiger partial charge in [-0.05, 0) is 55.2 Å². The fourth-order valence-electron chi connectivity index (χ4n) is 4.34. The van der Waals surface area contributed by atoms with Gasteiger partial charge < -0.3 is 5.32 Å². The van der Waals surface area contributed by atoms with Crippen LogP contribution in [-0.4, -0.2) is 20.7 Å². The Morgan fingerprint density at radius 1 is 0.861 bits per heavy atom. The van der Waals surface area contributed by atoms with Gasteiger partial charge in [-0.3, -0.25) is 4.79 Å². The number of carbonyl (C=O) groups is 1. The van der Waals surface area contributed by atoms with Gasteiger partial charge in [-0.1, -0.05) is 80.9 Å². The molecule has 0 saturated carbocycles. The maximum atomic E-state index is 13.7. The molecule has 0 aliphatic heterocycles. The van der Waals surface area contributed by atoms with Crippen molar-refractivity contribution in [1.82, 2.24) is 14.8 Å². The molecule has 3 aromatic carbocycles. The van der Waals surface area contributed by atoms with Crippen LogP contribution in [0.4, 0.5) is 5.69 Å². The highest BCUT2D eigenvalue weighted by Crippen LogP contribution is 2.30. The summed E-state index contributed by atoms with van der Waals surface area (Å²) >= 11 is 0. The summed E-state index contributed by atoms with van der Waals surface area (Å²) in [5.41, 5.74) is 7.72. The standard InChI is InChI=1S/C31H30N4O/c1-20-11-17-25(18-12-20)35-29-28(21(2)34-35)26(19-27(33-29)22-9-7-6-8-10-22)30(36)32-24-15-13-23(14-16-24)31(3,4)5/h6-19H,1-5H3,(H,32,36). The second kappa shape index (κ2) is 9.08. The first-order valence-corrected chi connectivity index (χ1v) is 12.2. The van der Waals surface area contributed by atoms with Gasteiger partial charge in [0.05, 0.1) is 28.0 Å². The minimum atomic E-state index is -0.186. The Balaban J connectivity index is 1.64. The molecule has 5 rings (SSSR count). The Hall–Kier alpha value is -4.25. The number of benzene rings is 3. The van der Waals surface area contributed by atoms with Crippen LogP contribution in [-0.2, 0) is 5.41 Å². The van der Waals surface area contributed by atoms with Gasteiger partial charge in [-0.25, -0.2) is 9.67 Å². The number of hydrogen-bond donors (Lipinski definition) is 1. The van der Waals surface area contributed by atoms with E-state index in [0.29, 0.717) is 11.2 Å². The molecule has 5 nitrogen and oxygen atoms in total. The summed E-state index contributed by atoms with van der Waals surface area (Å²) in [4.78, 5) is 18.6. The molecule has 5 heteroatoms. The minimum Gasteiger partial charge on any atom is -0.322 e. The van der Waals surface area contributed by atoms with Gasteiger partial charge in [0.25, 0.3) is 5.91 Å². The maximum absolute atomic E-state index is 13.7. The van der Waals surface area contributed by atoms with Crippen molar-refractivity contribution in [2.45, 2.75) is 40.0 Å². The third-order valence-electron chi connectivity index (χ3n) is 6.41. The first-order valence-electron chi connectivity index (χ1n) is 12.2. The molecule has 36 heavy (non-hydrogen) atoms. The lowest BCUT2D eigenvalue weighted by Crippen LogP contribution is -2.14. The zero-order valence-electron chi connectivity index (χ0n) is 21.3. The van der Waals surface area contributed by atoms with Gasteiger partial charge in [0.2, 0.25) is 0 Å². The summed E-state index contributed by atoms with van der Waals surface area (Å²) in [5.74, 6) is -0.186. The Morgan fingerprint density at radius 3 is 2.17 bits per heavy atom. The van der Waals surface area contributed by atoms with E-state index >= 15 is 0 Å². The van der Waals surface area contributed by atoms with E-state index in [1.165, 1.54) is 11.1 Å². The quantitative estimate of drug-likeness (QED) is 0.298. The van der Waals surface area contributed by atoms with Crippen LogP contribution in [0.25, 0.3) is 28.0 Å². The van der Waals surface area contributed by atoms with Gasteiger partial charge in [-0.2, -0.15) is 5.10 Å². The van der Waals surface area contributed by atoms with E-state index in [2.05, 4.69) is 45.1 Å². The first-order chi connectivity index (χ1) is 17.2. The van der Waals surface area contributed by atoms with Crippen LogP contribution in [0.3, 0.4) is 0 Å². The SMILES string of the molecule is Cc1ccc(-n2nc(C)c3c(C(=O)Nc4ccc(C(C)(C)C)cc4)cc(-c4ccccc4)nc32)cc1. The number of aromatic nitrogens is 3. The summed E-state index contributed by atoms with van der Waals surface area (Å²) in [6.07, 6.45) is 0. The van der Waals surface area contributed by atoms with Crippen LogP contribution in [0.15, 0.2) is 84.9 Å². The summed E-state index contributed by atoms with van der Waals surface area (Å²) < 4.78 is 1.82. The highest BCUT2D eigenvalue weighted by Gasteiger charge is 2.21. The molecule has 0 bridgehead atoms. The minimum absolute atomic E-state index is 0.0477. The van der Waals surface area contributed by atoms with Crippen LogP contribution in [0, 0.1) is 13.8 Å². The number of nitrogens with zero attached hydrogens (tertiary/aromatic N) is 3. The molecule has 1 N–H and O–H groups in total. The van der Waals surface area contributed by atoms with Gasteiger partial charge in [-0.15, -0.1) is 0 Å². The van der Waals surface area contributed by atoms with Gasteiger partial charge in [0, 0.05) is 11.3 Å². The predicted octanol–water partition coefficient (Wildman–Crippen LogP) is 7.25. The Morgan fingerprint density at radius 2 is 1.53 bits per heavy atom. The molecule has 0 aliphatic rings. The molecule has 0 unspecified atom stereocenters. The van der Waals surface area contributed by atoms with Crippen molar-refractivity contribution < 1.29 is 4.79 Å². The number of fused-ring (bicyclic) bond motifs is 1. The van der Waals surface area contributed by atoms with E-state index in [0.717, 1.165) is 33.7 Å². The van der Waals surface area contributed by atoms with E-state index < -0.39 is 0 Å². The molecule has 0 spiro atoms. The molecular weight excluding hydrogens is 444 g/mol. The van der Waals surface area contributed by atoms with Crippen LogP contribution in [0.2, 0.25) is 0 Å². The van der Waals surface area contributed by atoms with Crippen molar-refractivity contribution >= 4 is 22.6 Å². The number of anilines is 1. The lowest BCUT2D eigenvalue weighted by atomic mass is 9.87. The van der Waals surface area contributed by atoms with Crippen molar-refractivity contribution in [1.29, 1.82) is 0 Å². The van der Waals surface area contributed by atoms with Crippen molar-refractivity contribution in [3.8, 4) is 16.9 Å². The fraction of sp³-hybridized carbons (Fsp3) is 0.194. The van der Waals surface area contributed by atoms with Crippen molar-refractivity contribution in [2.24, 2.45) is 0 Å². The smallest absolute Gasteiger partial charge is 0.256 e. The molecule has 1 amide bonds. The molecule has 0 radical (unpaired) electrons. The van der Waals surface area contributed by atoms with E-state index in [-0.39, 0.29) is 11.3 Å². The highest BCUT2D eigenvalue weighted by atomic mass is 16.1. The van der Waals surface area contributed by atoms with Crippen molar-refractivity contribution in [3.05, 3.63) is 107 Å². The zero-order chi connectivity index (χ0) is 25.4. The number of aryl methyl sites for hydroxylation is 2. The van der Waals surface area contributed by atoms with Crippen molar-refractivity contribution in [3.63, 3.8) is 0 Å². The largest absolute Gasteiger partial charge is 0.322 e. The second-order valence-electron chi connectivity index (χ2n) is 10.2. The molecule has 0 fully saturated rings. The van der Waals surface area contributed by atoms with E-state index in [9.17, 15) is 4.79 Å². The normalized spacial score (nSPS) is 11.6. The summed E-state index contributed by atoms with van der Waals surface area (Å²) in [7, 11) is 0. The Labute approximate surface area is 211 Å². The summed E-state index contributed by atoms with van der Waals surface area (Å²) in [6, 6.07) is 28.0. The van der Waals surface area contributed by atoms with Gasteiger partial charge in [0.15, 0.2) is 5.65 Å². The monoisotopic (exact) mass is 474 g/mol. The molecule has 180 valence electrons. The number of nitrogens with one attached hydrogen (secondary N) is 1. The third kappa shape index (κ3) is 4.52. The Bertz CT molecular complexity index is 1540. The van der Waals surface area contributed by atoms with E-state index in [1.807, 2.05) is 84.4 Å². The van der Waals surface area contributed by atoms with Crippen molar-refractivity contribution in [2.75, 3.05) is 5.32 Å². The van der Waals surface area contributed by atoms with Crippen LogP contribution < -0.4 is 5.32 Å². The van der Waals surface area contributed by atoms with Gasteiger partial charge in [0.1, 0.15) is 0 Å². The van der Waals surface area contributed by atoms with Crippen LogP contribution in [0.1, 0.15) is 48.0 Å². The number of amides is 1. The maximum Gasteiger partial charge on any atom is 0.256 e. The van der Waals surface area contributed by atoms with E-state index in [1.54, 1.807) is 0 Å². The second-order valence-corrected chi connectivity index (χ2v) is 10.2. The molecule has 0 saturated heterocycles. The Kier molecular flexibility index (Phi) is 5.92. The summed E-state index contributed by atoms with van der Waals surface area (Å²) in [5, 5.41) is 8.62. The zero-order valence-corrected chi connectivity index (χ0v) is 21.3. The number of carbonyl (C=O) groups excluding carboxylic acids is 1. The predicted molar refractivity (Wildman–Crippen MR) is 147 cm³/mol. The topological polar surface area (TPSA) is 59.8 Å². The van der Waals surface area contributed by atoms with Crippen LogP contribution >= 0.6 is 0 Å². The highest BCUT2D eigenvalue weighted by molar-refractivity contribution is 6.13. The number of rotatable bonds is 4. The fourth-order valence-corrected chi connectivity index (χ4v) is 4.34.